The number of benzene rings is 2. The van der Waals surface area contributed by atoms with Crippen molar-refractivity contribution in [3.63, 3.8) is 0 Å². The van der Waals surface area contributed by atoms with Crippen molar-refractivity contribution in [2.24, 2.45) is 0 Å². The number of halogens is 1. The summed E-state index contributed by atoms with van der Waals surface area (Å²) in [5.74, 6) is 0.857. The lowest BCUT2D eigenvalue weighted by atomic mass is 10.0. The maximum Gasteiger partial charge on any atom is 0.127 e. The molecule has 0 spiro atoms. The van der Waals surface area contributed by atoms with Gasteiger partial charge in [-0.05, 0) is 18.2 Å². The zero-order chi connectivity index (χ0) is 14.7. The van der Waals surface area contributed by atoms with Crippen molar-refractivity contribution in [1.82, 2.24) is 0 Å². The number of ether oxygens (including phenoxy) is 2. The molecular weight excluding hydrogens is 286 g/mol. The minimum Gasteiger partial charge on any atom is -0.490 e. The van der Waals surface area contributed by atoms with Gasteiger partial charge in [-0.3, -0.25) is 0 Å². The Hall–Kier alpha value is -1.71. The van der Waals surface area contributed by atoms with Crippen molar-refractivity contribution in [3.8, 4) is 16.9 Å². The molecule has 1 heterocycles. The number of para-hydroxylation sites is 1. The highest BCUT2D eigenvalue weighted by Crippen LogP contribution is 2.36. The first-order chi connectivity index (χ1) is 10.2. The molecule has 1 saturated heterocycles. The van der Waals surface area contributed by atoms with Gasteiger partial charge in [0.1, 0.15) is 11.9 Å². The predicted octanol–water partition coefficient (Wildman–Crippen LogP) is 4.15. The Labute approximate surface area is 129 Å². The number of anilines is 1. The lowest BCUT2D eigenvalue weighted by Crippen LogP contribution is -2.26. The minimum absolute atomic E-state index is 0.201. The SMILES string of the molecule is Nc1ccc(-c2ccccc2OC2CCOCC2)c(Cl)c1. The van der Waals surface area contributed by atoms with Crippen molar-refractivity contribution in [1.29, 1.82) is 0 Å². The van der Waals surface area contributed by atoms with Gasteiger partial charge in [-0.2, -0.15) is 0 Å². The lowest BCUT2D eigenvalue weighted by molar-refractivity contribution is 0.0258. The zero-order valence-electron chi connectivity index (χ0n) is 11.7. The third-order valence-corrected chi connectivity index (χ3v) is 3.95. The van der Waals surface area contributed by atoms with E-state index < -0.39 is 0 Å². The average Bonchev–Trinajstić information content (AvgIpc) is 2.49. The summed E-state index contributed by atoms with van der Waals surface area (Å²) in [6, 6.07) is 13.5. The van der Waals surface area contributed by atoms with Crippen LogP contribution in [0.15, 0.2) is 42.5 Å². The van der Waals surface area contributed by atoms with E-state index in [2.05, 4.69) is 0 Å². The second kappa shape index (κ2) is 6.37. The molecule has 0 aromatic heterocycles. The van der Waals surface area contributed by atoms with Gasteiger partial charge >= 0.3 is 0 Å². The smallest absolute Gasteiger partial charge is 0.127 e. The average molecular weight is 304 g/mol. The van der Waals surface area contributed by atoms with E-state index in [9.17, 15) is 0 Å². The maximum absolute atomic E-state index is 6.32. The minimum atomic E-state index is 0.201. The molecule has 0 unspecified atom stereocenters. The van der Waals surface area contributed by atoms with E-state index in [1.807, 2.05) is 36.4 Å². The first kappa shape index (κ1) is 14.2. The summed E-state index contributed by atoms with van der Waals surface area (Å²) < 4.78 is 11.5. The van der Waals surface area contributed by atoms with E-state index in [0.29, 0.717) is 10.7 Å². The van der Waals surface area contributed by atoms with Crippen molar-refractivity contribution < 1.29 is 9.47 Å². The van der Waals surface area contributed by atoms with E-state index in [4.69, 9.17) is 26.8 Å². The van der Waals surface area contributed by atoms with Crippen LogP contribution in [0.4, 0.5) is 5.69 Å². The van der Waals surface area contributed by atoms with Crippen molar-refractivity contribution in [3.05, 3.63) is 47.5 Å². The number of rotatable bonds is 3. The number of nitrogens with two attached hydrogens (primary N) is 1. The van der Waals surface area contributed by atoms with Gasteiger partial charge < -0.3 is 15.2 Å². The third kappa shape index (κ3) is 3.31. The van der Waals surface area contributed by atoms with Crippen LogP contribution in [0.25, 0.3) is 11.1 Å². The van der Waals surface area contributed by atoms with Crippen LogP contribution in [-0.4, -0.2) is 19.3 Å². The Morgan fingerprint density at radius 2 is 1.81 bits per heavy atom. The first-order valence-electron chi connectivity index (χ1n) is 7.13. The maximum atomic E-state index is 6.32. The summed E-state index contributed by atoms with van der Waals surface area (Å²) in [4.78, 5) is 0. The van der Waals surface area contributed by atoms with E-state index in [-0.39, 0.29) is 6.10 Å². The fourth-order valence-corrected chi connectivity index (χ4v) is 2.81. The van der Waals surface area contributed by atoms with Gasteiger partial charge in [0.2, 0.25) is 0 Å². The van der Waals surface area contributed by atoms with Gasteiger partial charge in [-0.1, -0.05) is 35.9 Å². The number of hydrogen-bond acceptors (Lipinski definition) is 3. The van der Waals surface area contributed by atoms with Crippen LogP contribution in [-0.2, 0) is 4.74 Å². The lowest BCUT2D eigenvalue weighted by Gasteiger charge is -2.24. The van der Waals surface area contributed by atoms with Crippen LogP contribution in [0, 0.1) is 0 Å². The molecule has 1 fully saturated rings. The van der Waals surface area contributed by atoms with Gasteiger partial charge in [-0.15, -0.1) is 0 Å². The highest BCUT2D eigenvalue weighted by molar-refractivity contribution is 6.33. The van der Waals surface area contributed by atoms with Crippen LogP contribution in [0.2, 0.25) is 5.02 Å². The molecule has 0 saturated carbocycles. The molecular formula is C17H18ClNO2. The molecule has 1 aliphatic heterocycles. The zero-order valence-corrected chi connectivity index (χ0v) is 12.5. The van der Waals surface area contributed by atoms with Crippen LogP contribution < -0.4 is 10.5 Å². The van der Waals surface area contributed by atoms with Crippen LogP contribution in [0.1, 0.15) is 12.8 Å². The molecule has 0 atom stereocenters. The van der Waals surface area contributed by atoms with Crippen LogP contribution >= 0.6 is 11.6 Å². The summed E-state index contributed by atoms with van der Waals surface area (Å²) in [6.07, 6.45) is 2.04. The molecule has 3 rings (SSSR count). The largest absolute Gasteiger partial charge is 0.490 e. The Bertz CT molecular complexity index is 624. The molecule has 2 aromatic rings. The predicted molar refractivity (Wildman–Crippen MR) is 85.8 cm³/mol. The van der Waals surface area contributed by atoms with E-state index >= 15 is 0 Å². The molecule has 21 heavy (non-hydrogen) atoms. The number of nitrogen functional groups attached to an aromatic ring is 1. The molecule has 1 aliphatic rings. The van der Waals surface area contributed by atoms with Crippen LogP contribution in [0.3, 0.4) is 0 Å². The molecule has 0 bridgehead atoms. The molecule has 0 aliphatic carbocycles. The second-order valence-corrected chi connectivity index (χ2v) is 5.57. The standard InChI is InChI=1S/C17H18ClNO2/c18-16-11-12(19)5-6-14(16)15-3-1-2-4-17(15)21-13-7-9-20-10-8-13/h1-6,11,13H,7-10,19H2. The van der Waals surface area contributed by atoms with E-state index in [0.717, 1.165) is 42.9 Å². The van der Waals surface area contributed by atoms with Gasteiger partial charge in [0.25, 0.3) is 0 Å². The Morgan fingerprint density at radius 3 is 2.57 bits per heavy atom. The van der Waals surface area contributed by atoms with Gasteiger partial charge in [0.05, 0.1) is 18.2 Å². The summed E-state index contributed by atoms with van der Waals surface area (Å²) in [5.41, 5.74) is 8.36. The molecule has 110 valence electrons. The quantitative estimate of drug-likeness (QED) is 0.866. The van der Waals surface area contributed by atoms with E-state index in [1.165, 1.54) is 0 Å². The Morgan fingerprint density at radius 1 is 1.05 bits per heavy atom. The topological polar surface area (TPSA) is 44.5 Å². The fraction of sp³-hybridized carbons (Fsp3) is 0.294. The van der Waals surface area contributed by atoms with Gasteiger partial charge in [0.15, 0.2) is 0 Å². The second-order valence-electron chi connectivity index (χ2n) is 5.17. The third-order valence-electron chi connectivity index (χ3n) is 3.63. The monoisotopic (exact) mass is 303 g/mol. The van der Waals surface area contributed by atoms with Gasteiger partial charge in [-0.25, -0.2) is 0 Å². The van der Waals surface area contributed by atoms with Gasteiger partial charge in [0, 0.05) is 29.7 Å². The number of hydrogen-bond donors (Lipinski definition) is 1. The highest BCUT2D eigenvalue weighted by Gasteiger charge is 2.17. The molecule has 2 N–H and O–H groups in total. The van der Waals surface area contributed by atoms with Crippen LogP contribution in [0.5, 0.6) is 5.75 Å². The van der Waals surface area contributed by atoms with Crippen molar-refractivity contribution >= 4 is 17.3 Å². The summed E-state index contributed by atoms with van der Waals surface area (Å²) in [6.45, 7) is 1.52. The summed E-state index contributed by atoms with van der Waals surface area (Å²) in [7, 11) is 0. The molecule has 4 heteroatoms. The Kier molecular flexibility index (Phi) is 4.32. The fourth-order valence-electron chi connectivity index (χ4n) is 2.52. The normalized spacial score (nSPS) is 15.9. The molecule has 0 amide bonds. The van der Waals surface area contributed by atoms with Crippen molar-refractivity contribution in [2.75, 3.05) is 18.9 Å². The summed E-state index contributed by atoms with van der Waals surface area (Å²) >= 11 is 6.32. The van der Waals surface area contributed by atoms with E-state index in [1.54, 1.807) is 6.07 Å². The molecule has 3 nitrogen and oxygen atoms in total. The molecule has 2 aromatic carbocycles. The van der Waals surface area contributed by atoms with Crippen molar-refractivity contribution in [2.45, 2.75) is 18.9 Å². The first-order valence-corrected chi connectivity index (χ1v) is 7.50. The Balaban J connectivity index is 1.91. The highest BCUT2D eigenvalue weighted by atomic mass is 35.5. The summed E-state index contributed by atoms with van der Waals surface area (Å²) in [5, 5.41) is 0.637. The molecule has 0 radical (unpaired) electrons.